The third-order valence-electron chi connectivity index (χ3n) is 8.38. The van der Waals surface area contributed by atoms with Crippen molar-refractivity contribution in [2.24, 2.45) is 5.41 Å². The Kier molecular flexibility index (Phi) is 7.00. The number of aromatic nitrogens is 3. The lowest BCUT2D eigenvalue weighted by molar-refractivity contribution is -0.0223. The van der Waals surface area contributed by atoms with Gasteiger partial charge in [0.15, 0.2) is 0 Å². The molecule has 2 saturated heterocycles. The molecule has 2 aromatic heterocycles. The molecule has 1 aromatic carbocycles. The van der Waals surface area contributed by atoms with Crippen LogP contribution in [0, 0.1) is 5.41 Å². The predicted molar refractivity (Wildman–Crippen MR) is 151 cm³/mol. The molecule has 2 aliphatic heterocycles. The van der Waals surface area contributed by atoms with Crippen molar-refractivity contribution in [3.05, 3.63) is 42.1 Å². The third kappa shape index (κ3) is 5.94. The number of halogens is 2. The van der Waals surface area contributed by atoms with Gasteiger partial charge in [-0.2, -0.15) is 10.1 Å². The van der Waals surface area contributed by atoms with E-state index < -0.39 is 34.2 Å². The summed E-state index contributed by atoms with van der Waals surface area (Å²) < 4.78 is 56.3. The quantitative estimate of drug-likeness (QED) is 0.365. The number of fused-ring (bicyclic) bond motifs is 1. The Hall–Kier alpha value is -3.52. The first-order chi connectivity index (χ1) is 19.6. The van der Waals surface area contributed by atoms with Crippen LogP contribution in [0.5, 0.6) is 0 Å². The van der Waals surface area contributed by atoms with Gasteiger partial charge in [-0.3, -0.25) is 9.52 Å². The van der Waals surface area contributed by atoms with Gasteiger partial charge in [-0.25, -0.2) is 21.7 Å². The van der Waals surface area contributed by atoms with Gasteiger partial charge in [0, 0.05) is 45.1 Å². The van der Waals surface area contributed by atoms with E-state index in [0.29, 0.717) is 33.8 Å². The summed E-state index contributed by atoms with van der Waals surface area (Å²) in [7, 11) is -3.75. The number of anilines is 4. The lowest BCUT2D eigenvalue weighted by atomic mass is 9.93. The summed E-state index contributed by atoms with van der Waals surface area (Å²) >= 11 is 0. The number of nitrogens with zero attached hydrogens (tertiary/aromatic N) is 5. The second-order valence-corrected chi connectivity index (χ2v) is 13.1. The van der Waals surface area contributed by atoms with Gasteiger partial charge in [-0.05, 0) is 55.4 Å². The summed E-state index contributed by atoms with van der Waals surface area (Å²) in [6, 6.07) is 8.17. The van der Waals surface area contributed by atoms with Gasteiger partial charge in [-0.15, -0.1) is 0 Å². The van der Waals surface area contributed by atoms with Crippen molar-refractivity contribution in [1.82, 2.24) is 14.6 Å². The molecule has 3 N–H and O–H groups in total. The number of aliphatic hydroxyl groups excluding tert-OH is 1. The number of nitrogens with one attached hydrogen (secondary N) is 2. The van der Waals surface area contributed by atoms with E-state index in [1.54, 1.807) is 39.9 Å². The number of aliphatic hydroxyl groups is 1. The molecule has 0 bridgehead atoms. The lowest BCUT2D eigenvalue weighted by Crippen LogP contribution is -2.40. The molecule has 1 spiro atoms. The highest BCUT2D eigenvalue weighted by molar-refractivity contribution is 7.92. The first-order valence-corrected chi connectivity index (χ1v) is 15.5. The first kappa shape index (κ1) is 27.6. The van der Waals surface area contributed by atoms with Gasteiger partial charge in [0.25, 0.3) is 11.8 Å². The van der Waals surface area contributed by atoms with Crippen LogP contribution < -0.4 is 19.8 Å². The number of rotatable bonds is 8. The lowest BCUT2D eigenvalue weighted by Gasteiger charge is -2.35. The zero-order valence-corrected chi connectivity index (χ0v) is 23.3. The van der Waals surface area contributed by atoms with E-state index in [1.807, 2.05) is 0 Å². The molecule has 6 rings (SSSR count). The Bertz CT molecular complexity index is 1550. The molecule has 3 fully saturated rings. The van der Waals surface area contributed by atoms with Crippen LogP contribution in [0.25, 0.3) is 5.52 Å². The maximum Gasteiger partial charge on any atom is 0.258 e. The maximum absolute atomic E-state index is 13.8. The number of benzene rings is 1. The van der Waals surface area contributed by atoms with Gasteiger partial charge in [0.1, 0.15) is 5.82 Å². The van der Waals surface area contributed by atoms with Crippen LogP contribution in [0.3, 0.4) is 0 Å². The smallest absolute Gasteiger partial charge is 0.258 e. The van der Waals surface area contributed by atoms with Gasteiger partial charge < -0.3 is 20.2 Å². The van der Waals surface area contributed by atoms with Crippen LogP contribution >= 0.6 is 0 Å². The van der Waals surface area contributed by atoms with Crippen molar-refractivity contribution < 1.29 is 27.1 Å². The minimum atomic E-state index is -3.75. The van der Waals surface area contributed by atoms with E-state index in [1.165, 1.54) is 18.9 Å². The van der Waals surface area contributed by atoms with Crippen LogP contribution in [-0.4, -0.2) is 78.5 Å². The molecule has 0 radical (unpaired) electrons. The van der Waals surface area contributed by atoms with E-state index >= 15 is 0 Å². The van der Waals surface area contributed by atoms with Gasteiger partial charge in [-0.1, -0.05) is 0 Å². The van der Waals surface area contributed by atoms with Crippen LogP contribution in [0.4, 0.5) is 31.9 Å². The van der Waals surface area contributed by atoms with Crippen LogP contribution in [-0.2, 0) is 10.0 Å². The van der Waals surface area contributed by atoms with Crippen molar-refractivity contribution in [2.45, 2.75) is 44.4 Å². The predicted octanol–water partition coefficient (Wildman–Crippen LogP) is 3.33. The Morgan fingerprint density at radius 2 is 1.68 bits per heavy atom. The molecule has 3 aromatic rings. The Morgan fingerprint density at radius 1 is 0.976 bits per heavy atom. The fourth-order valence-electron chi connectivity index (χ4n) is 5.70. The number of hydrogen-bond acceptors (Lipinski definition) is 8. The van der Waals surface area contributed by atoms with Crippen molar-refractivity contribution in [3.63, 3.8) is 0 Å². The summed E-state index contributed by atoms with van der Waals surface area (Å²) in [5, 5.41) is 16.3. The summed E-state index contributed by atoms with van der Waals surface area (Å²) in [6.45, 7) is 1.21. The average Bonchev–Trinajstić information content (AvgIpc) is 3.50. The minimum Gasteiger partial charge on any atom is -0.395 e. The molecule has 14 heteroatoms. The fourth-order valence-corrected chi connectivity index (χ4v) is 6.53. The van der Waals surface area contributed by atoms with Gasteiger partial charge in [0.2, 0.25) is 16.0 Å². The van der Waals surface area contributed by atoms with Gasteiger partial charge in [0.05, 0.1) is 41.0 Å². The van der Waals surface area contributed by atoms with Crippen molar-refractivity contribution in [2.75, 3.05) is 58.4 Å². The second-order valence-electron chi connectivity index (χ2n) is 11.3. The Balaban J connectivity index is 1.29. The van der Waals surface area contributed by atoms with Crippen molar-refractivity contribution in [3.8, 4) is 0 Å². The number of sulfonamides is 1. The second kappa shape index (κ2) is 10.4. The summed E-state index contributed by atoms with van der Waals surface area (Å²) in [4.78, 5) is 22.1. The first-order valence-electron chi connectivity index (χ1n) is 13.8. The highest BCUT2D eigenvalue weighted by Crippen LogP contribution is 2.54. The van der Waals surface area contributed by atoms with Crippen LogP contribution in [0.15, 0.2) is 36.5 Å². The van der Waals surface area contributed by atoms with E-state index in [0.717, 1.165) is 25.9 Å². The highest BCUT2D eigenvalue weighted by Gasteiger charge is 2.44. The molecular weight excluding hydrogens is 556 g/mol. The molecule has 3 aliphatic rings. The van der Waals surface area contributed by atoms with Gasteiger partial charge >= 0.3 is 0 Å². The normalized spacial score (nSPS) is 19.9. The molecule has 0 atom stereocenters. The van der Waals surface area contributed by atoms with E-state index in [-0.39, 0.29) is 31.7 Å². The summed E-state index contributed by atoms with van der Waals surface area (Å²) in [5.74, 6) is -2.95. The number of hydrogen-bond donors (Lipinski definition) is 3. The molecule has 1 saturated carbocycles. The summed E-state index contributed by atoms with van der Waals surface area (Å²) in [5.41, 5.74) is 2.32. The van der Waals surface area contributed by atoms with Crippen LogP contribution in [0.2, 0.25) is 0 Å². The molecule has 41 heavy (non-hydrogen) atoms. The molecular formula is C27H33F2N7O4S. The number of carbonyl (C=O) groups excluding carboxylic acids is 1. The third-order valence-corrected chi connectivity index (χ3v) is 9.65. The largest absolute Gasteiger partial charge is 0.395 e. The van der Waals surface area contributed by atoms with Crippen LogP contribution in [0.1, 0.15) is 48.9 Å². The SMILES string of the molecule is O=C(Nc1cc2ccnn2c(N2CCC(F)(F)CC2)n1)c1ccc(NS(=O)(=O)CCO)cc1N1CCC2(CC1)CC2. The average molecular weight is 590 g/mol. The number of carbonyl (C=O) groups is 1. The molecule has 0 unspecified atom stereocenters. The highest BCUT2D eigenvalue weighted by atomic mass is 32.2. The molecule has 4 heterocycles. The Morgan fingerprint density at radius 3 is 2.37 bits per heavy atom. The van der Waals surface area contributed by atoms with Crippen molar-refractivity contribution >= 4 is 44.6 Å². The number of alkyl halides is 2. The zero-order chi connectivity index (χ0) is 28.8. The topological polar surface area (TPSA) is 132 Å². The molecule has 220 valence electrons. The van der Waals surface area contributed by atoms with E-state index in [9.17, 15) is 22.0 Å². The maximum atomic E-state index is 13.8. The number of amides is 1. The minimum absolute atomic E-state index is 0.112. The Labute approximate surface area is 236 Å². The molecule has 11 nitrogen and oxygen atoms in total. The summed E-state index contributed by atoms with van der Waals surface area (Å²) in [6.07, 6.45) is 5.45. The standard InChI is InChI=1S/C27H33F2N7O4S/c28-27(29)8-13-35(14-9-27)25-32-23(18-20-3-10-30-36(20)25)31-24(38)21-2-1-19(33-41(39,40)16-15-37)17-22(21)34-11-6-26(4-5-26)7-12-34/h1-3,10,17-18,33,37H,4-9,11-16H2,(H,31,38). The van der Waals surface area contributed by atoms with Crippen molar-refractivity contribution in [1.29, 1.82) is 0 Å². The van der Waals surface area contributed by atoms with E-state index in [4.69, 9.17) is 5.11 Å². The fraction of sp³-hybridized carbons (Fsp3) is 0.519. The number of piperidine rings is 2. The van der Waals surface area contributed by atoms with E-state index in [2.05, 4.69) is 25.0 Å². The molecule has 1 aliphatic carbocycles. The zero-order valence-electron chi connectivity index (χ0n) is 22.5. The monoisotopic (exact) mass is 589 g/mol. The molecule has 1 amide bonds.